The first-order valence-electron chi connectivity index (χ1n) is 6.64. The normalized spacial score (nSPS) is 23.5. The number of carbonyl (C=O) groups is 2. The molecule has 2 heterocycles. The molecule has 20 heavy (non-hydrogen) atoms. The van der Waals surface area contributed by atoms with Crippen LogP contribution in [0.2, 0.25) is 0 Å². The number of nitrogens with one attached hydrogen (secondary N) is 1. The lowest BCUT2D eigenvalue weighted by atomic mass is 9.92. The van der Waals surface area contributed by atoms with Crippen molar-refractivity contribution in [3.8, 4) is 0 Å². The van der Waals surface area contributed by atoms with Gasteiger partial charge in [0.15, 0.2) is 5.13 Å². The largest absolute Gasteiger partial charge is 0.481 e. The van der Waals surface area contributed by atoms with Crippen molar-refractivity contribution in [1.29, 1.82) is 0 Å². The number of piperidine rings is 1. The summed E-state index contributed by atoms with van der Waals surface area (Å²) in [6, 6.07) is 0.232. The fraction of sp³-hybridized carbons (Fsp3) is 0.615. The van der Waals surface area contributed by atoms with Gasteiger partial charge in [-0.15, -0.1) is 11.3 Å². The van der Waals surface area contributed by atoms with E-state index in [0.717, 1.165) is 12.2 Å². The Balaban J connectivity index is 1.92. The van der Waals surface area contributed by atoms with E-state index < -0.39 is 5.97 Å². The number of hydrogen-bond donors (Lipinski definition) is 2. The first kappa shape index (κ1) is 14.9. The number of anilines is 1. The summed E-state index contributed by atoms with van der Waals surface area (Å²) in [5.41, 5.74) is 0.916. The van der Waals surface area contributed by atoms with E-state index in [-0.39, 0.29) is 17.9 Å². The number of carbonyl (C=O) groups excluding carboxylic acids is 1. The van der Waals surface area contributed by atoms with Crippen LogP contribution in [-0.4, -0.2) is 39.5 Å². The van der Waals surface area contributed by atoms with Crippen molar-refractivity contribution in [2.75, 3.05) is 11.9 Å². The summed E-state index contributed by atoms with van der Waals surface area (Å²) in [5.74, 6) is -1.05. The highest BCUT2D eigenvalue weighted by molar-refractivity contribution is 7.13. The Kier molecular flexibility index (Phi) is 4.72. The van der Waals surface area contributed by atoms with Gasteiger partial charge in [0.2, 0.25) is 5.91 Å². The van der Waals surface area contributed by atoms with Crippen LogP contribution in [0.1, 0.15) is 32.4 Å². The topological polar surface area (TPSA) is 82.5 Å². The van der Waals surface area contributed by atoms with E-state index in [2.05, 4.69) is 22.1 Å². The molecule has 0 spiro atoms. The number of nitrogens with zero attached hydrogens (tertiary/aromatic N) is 2. The first-order chi connectivity index (χ1) is 9.45. The van der Waals surface area contributed by atoms with Crippen LogP contribution >= 0.6 is 11.3 Å². The molecule has 0 radical (unpaired) electrons. The maximum absolute atomic E-state index is 11.0. The quantitative estimate of drug-likeness (QED) is 0.885. The van der Waals surface area contributed by atoms with E-state index in [4.69, 9.17) is 5.11 Å². The fourth-order valence-electron chi connectivity index (χ4n) is 2.48. The summed E-state index contributed by atoms with van der Waals surface area (Å²) in [6.45, 7) is 4.98. The SMILES string of the molecule is CC(=O)Nc1nc(CN2CCC(C(=O)O)CC2C)cs1. The van der Waals surface area contributed by atoms with Crippen LogP contribution in [0.4, 0.5) is 5.13 Å². The fourth-order valence-corrected chi connectivity index (χ4v) is 3.22. The standard InChI is InChI=1S/C13H19N3O3S/c1-8-5-10(12(18)19)3-4-16(8)6-11-7-20-13(15-11)14-9(2)17/h7-8,10H,3-6H2,1-2H3,(H,18,19)(H,14,15,17). The van der Waals surface area contributed by atoms with Crippen LogP contribution in [0.5, 0.6) is 0 Å². The Bertz CT molecular complexity index is 503. The number of carboxylic acids is 1. The molecule has 7 heteroatoms. The number of carboxylic acid groups (broad SMARTS) is 1. The van der Waals surface area contributed by atoms with Gasteiger partial charge in [0, 0.05) is 24.9 Å². The van der Waals surface area contributed by atoms with Crippen LogP contribution in [0.25, 0.3) is 0 Å². The molecule has 6 nitrogen and oxygen atoms in total. The monoisotopic (exact) mass is 297 g/mol. The van der Waals surface area contributed by atoms with Gasteiger partial charge in [-0.05, 0) is 26.3 Å². The van der Waals surface area contributed by atoms with E-state index in [1.165, 1.54) is 18.3 Å². The minimum Gasteiger partial charge on any atom is -0.481 e. The summed E-state index contributed by atoms with van der Waals surface area (Å²) in [4.78, 5) is 28.6. The van der Waals surface area contributed by atoms with Crippen LogP contribution in [0.3, 0.4) is 0 Å². The predicted molar refractivity (Wildman–Crippen MR) is 76.6 cm³/mol. The van der Waals surface area contributed by atoms with Gasteiger partial charge in [0.05, 0.1) is 11.6 Å². The molecule has 1 amide bonds. The molecule has 1 fully saturated rings. The molecule has 1 aromatic rings. The van der Waals surface area contributed by atoms with Gasteiger partial charge < -0.3 is 10.4 Å². The van der Waals surface area contributed by atoms with E-state index in [1.807, 2.05) is 5.38 Å². The van der Waals surface area contributed by atoms with E-state index in [9.17, 15) is 9.59 Å². The van der Waals surface area contributed by atoms with Crippen molar-refractivity contribution >= 4 is 28.3 Å². The van der Waals surface area contributed by atoms with Crippen molar-refractivity contribution in [1.82, 2.24) is 9.88 Å². The van der Waals surface area contributed by atoms with E-state index >= 15 is 0 Å². The van der Waals surface area contributed by atoms with Crippen LogP contribution in [0.15, 0.2) is 5.38 Å². The molecule has 1 saturated heterocycles. The van der Waals surface area contributed by atoms with Crippen molar-refractivity contribution in [2.45, 2.75) is 39.3 Å². The number of likely N-dealkylation sites (tertiary alicyclic amines) is 1. The van der Waals surface area contributed by atoms with Crippen molar-refractivity contribution in [3.63, 3.8) is 0 Å². The van der Waals surface area contributed by atoms with Crippen LogP contribution < -0.4 is 5.32 Å². The zero-order chi connectivity index (χ0) is 14.7. The maximum atomic E-state index is 11.0. The first-order valence-corrected chi connectivity index (χ1v) is 7.52. The van der Waals surface area contributed by atoms with Gasteiger partial charge >= 0.3 is 5.97 Å². The lowest BCUT2D eigenvalue weighted by Gasteiger charge is -2.35. The van der Waals surface area contributed by atoms with Crippen molar-refractivity contribution < 1.29 is 14.7 Å². The average molecular weight is 297 g/mol. The number of aromatic nitrogens is 1. The molecule has 1 aliphatic rings. The minimum absolute atomic E-state index is 0.124. The van der Waals surface area contributed by atoms with Crippen LogP contribution in [-0.2, 0) is 16.1 Å². The molecule has 2 atom stereocenters. The molecule has 1 aromatic heterocycles. The molecular weight excluding hydrogens is 278 g/mol. The average Bonchev–Trinajstić information content (AvgIpc) is 2.78. The summed E-state index contributed by atoms with van der Waals surface area (Å²) in [7, 11) is 0. The van der Waals surface area contributed by atoms with E-state index in [1.54, 1.807) is 0 Å². The number of amides is 1. The van der Waals surface area contributed by atoms with Gasteiger partial charge in [0.25, 0.3) is 0 Å². The second-order valence-electron chi connectivity index (χ2n) is 5.20. The lowest BCUT2D eigenvalue weighted by molar-refractivity contribution is -0.144. The third kappa shape index (κ3) is 3.77. The van der Waals surface area contributed by atoms with Gasteiger partial charge in [-0.2, -0.15) is 0 Å². The molecule has 110 valence electrons. The number of aliphatic carboxylic acids is 1. The van der Waals surface area contributed by atoms with E-state index in [0.29, 0.717) is 24.5 Å². The highest BCUT2D eigenvalue weighted by atomic mass is 32.1. The summed E-state index contributed by atoms with van der Waals surface area (Å²) in [5, 5.41) is 14.3. The second kappa shape index (κ2) is 6.32. The van der Waals surface area contributed by atoms with Crippen molar-refractivity contribution in [2.24, 2.45) is 5.92 Å². The molecule has 1 aliphatic heterocycles. The Labute approximate surface area is 121 Å². The van der Waals surface area contributed by atoms with Crippen molar-refractivity contribution in [3.05, 3.63) is 11.1 Å². The third-order valence-corrected chi connectivity index (χ3v) is 4.37. The Morgan fingerprint density at radius 2 is 2.35 bits per heavy atom. The third-order valence-electron chi connectivity index (χ3n) is 3.56. The molecular formula is C13H19N3O3S. The zero-order valence-electron chi connectivity index (χ0n) is 11.6. The molecule has 0 bridgehead atoms. The molecule has 2 rings (SSSR count). The molecule has 2 N–H and O–H groups in total. The second-order valence-corrected chi connectivity index (χ2v) is 6.06. The highest BCUT2D eigenvalue weighted by Crippen LogP contribution is 2.25. The molecule has 2 unspecified atom stereocenters. The summed E-state index contributed by atoms with van der Waals surface area (Å²) in [6.07, 6.45) is 1.36. The molecule has 0 aliphatic carbocycles. The van der Waals surface area contributed by atoms with Crippen LogP contribution in [0, 0.1) is 5.92 Å². The summed E-state index contributed by atoms with van der Waals surface area (Å²) >= 11 is 1.41. The zero-order valence-corrected chi connectivity index (χ0v) is 12.4. The predicted octanol–water partition coefficient (Wildman–Crippen LogP) is 1.79. The van der Waals surface area contributed by atoms with Gasteiger partial charge in [-0.1, -0.05) is 0 Å². The number of hydrogen-bond acceptors (Lipinski definition) is 5. The minimum atomic E-state index is -0.696. The number of rotatable bonds is 4. The molecule has 0 saturated carbocycles. The van der Waals surface area contributed by atoms with Gasteiger partial charge in [-0.25, -0.2) is 4.98 Å². The Morgan fingerprint density at radius 3 is 2.95 bits per heavy atom. The number of thiazole rings is 1. The Morgan fingerprint density at radius 1 is 1.60 bits per heavy atom. The highest BCUT2D eigenvalue weighted by Gasteiger charge is 2.29. The maximum Gasteiger partial charge on any atom is 0.306 e. The Hall–Kier alpha value is -1.47. The summed E-state index contributed by atoms with van der Waals surface area (Å²) < 4.78 is 0. The lowest BCUT2D eigenvalue weighted by Crippen LogP contribution is -2.42. The smallest absolute Gasteiger partial charge is 0.306 e. The van der Waals surface area contributed by atoms with Gasteiger partial charge in [-0.3, -0.25) is 14.5 Å². The molecule has 0 aromatic carbocycles. The van der Waals surface area contributed by atoms with Gasteiger partial charge in [0.1, 0.15) is 0 Å².